The van der Waals surface area contributed by atoms with Gasteiger partial charge in [0.25, 0.3) is 5.91 Å². The number of nitrogens with one attached hydrogen (secondary N) is 1. The summed E-state index contributed by atoms with van der Waals surface area (Å²) in [6.45, 7) is 1.03. The first-order chi connectivity index (χ1) is 13.3. The largest absolute Gasteiger partial charge is 0.465 e. The van der Waals surface area contributed by atoms with Crippen molar-refractivity contribution in [3.05, 3.63) is 58.6 Å². The van der Waals surface area contributed by atoms with Crippen molar-refractivity contribution in [2.24, 2.45) is 0 Å². The Labute approximate surface area is 168 Å². The highest BCUT2D eigenvalue weighted by Gasteiger charge is 2.27. The van der Waals surface area contributed by atoms with Gasteiger partial charge in [-0.3, -0.25) is 4.79 Å². The zero-order valence-electron chi connectivity index (χ0n) is 15.1. The number of hydrogen-bond donors (Lipinski definition) is 1. The SMILES string of the molecule is COC(=O)c1ccc(Cl)c(NC(=O)c2ccc(S(=O)(=O)N3CCCC3)cc2)c1. The maximum absolute atomic E-state index is 12.5. The number of benzene rings is 2. The second-order valence-electron chi connectivity index (χ2n) is 6.28. The normalized spacial score (nSPS) is 14.6. The summed E-state index contributed by atoms with van der Waals surface area (Å²) in [5, 5.41) is 2.88. The van der Waals surface area contributed by atoms with Crippen LogP contribution in [0.1, 0.15) is 33.6 Å². The van der Waals surface area contributed by atoms with Crippen molar-refractivity contribution in [2.75, 3.05) is 25.5 Å². The molecule has 0 atom stereocenters. The number of halogens is 1. The predicted molar refractivity (Wildman–Crippen MR) is 105 cm³/mol. The van der Waals surface area contributed by atoms with E-state index in [4.69, 9.17) is 11.6 Å². The van der Waals surface area contributed by atoms with Gasteiger partial charge < -0.3 is 10.1 Å². The number of esters is 1. The lowest BCUT2D eigenvalue weighted by Gasteiger charge is -2.15. The number of amides is 1. The lowest BCUT2D eigenvalue weighted by Crippen LogP contribution is -2.27. The lowest BCUT2D eigenvalue weighted by molar-refractivity contribution is 0.0600. The summed E-state index contributed by atoms with van der Waals surface area (Å²) in [4.78, 5) is 24.3. The molecule has 148 valence electrons. The van der Waals surface area contributed by atoms with E-state index in [9.17, 15) is 18.0 Å². The number of carbonyl (C=O) groups excluding carboxylic acids is 2. The predicted octanol–water partition coefficient (Wildman–Crippen LogP) is 3.16. The second-order valence-corrected chi connectivity index (χ2v) is 8.62. The van der Waals surface area contributed by atoms with Gasteiger partial charge in [0.1, 0.15) is 0 Å². The second kappa shape index (κ2) is 8.30. The molecule has 0 aliphatic carbocycles. The van der Waals surface area contributed by atoms with Crippen molar-refractivity contribution in [1.82, 2.24) is 4.31 Å². The number of sulfonamides is 1. The van der Waals surface area contributed by atoms with Gasteiger partial charge in [-0.05, 0) is 55.3 Å². The summed E-state index contributed by atoms with van der Waals surface area (Å²) < 4.78 is 31.2. The van der Waals surface area contributed by atoms with E-state index in [2.05, 4.69) is 10.1 Å². The first-order valence-corrected chi connectivity index (χ1v) is 10.4. The van der Waals surface area contributed by atoms with E-state index in [1.165, 1.54) is 53.9 Å². The van der Waals surface area contributed by atoms with Gasteiger partial charge in [0.15, 0.2) is 0 Å². The molecule has 0 saturated carbocycles. The topological polar surface area (TPSA) is 92.8 Å². The molecule has 9 heteroatoms. The number of nitrogens with zero attached hydrogens (tertiary/aromatic N) is 1. The molecule has 1 heterocycles. The Morgan fingerprint density at radius 2 is 1.64 bits per heavy atom. The molecular weight excluding hydrogens is 404 g/mol. The number of ether oxygens (including phenoxy) is 1. The maximum atomic E-state index is 12.5. The van der Waals surface area contributed by atoms with Gasteiger partial charge in [0, 0.05) is 18.7 Å². The lowest BCUT2D eigenvalue weighted by atomic mass is 10.1. The van der Waals surface area contributed by atoms with Crippen molar-refractivity contribution in [3.63, 3.8) is 0 Å². The highest BCUT2D eigenvalue weighted by atomic mass is 35.5. The summed E-state index contributed by atoms with van der Waals surface area (Å²) in [5.41, 5.74) is 0.762. The molecule has 0 bridgehead atoms. The Hall–Kier alpha value is -2.42. The van der Waals surface area contributed by atoms with E-state index in [1.807, 2.05) is 0 Å². The molecule has 1 N–H and O–H groups in total. The molecule has 1 saturated heterocycles. The van der Waals surface area contributed by atoms with Crippen molar-refractivity contribution in [3.8, 4) is 0 Å². The smallest absolute Gasteiger partial charge is 0.337 e. The van der Waals surface area contributed by atoms with E-state index in [1.54, 1.807) is 0 Å². The van der Waals surface area contributed by atoms with Crippen molar-refractivity contribution in [2.45, 2.75) is 17.7 Å². The van der Waals surface area contributed by atoms with E-state index < -0.39 is 21.9 Å². The Balaban J connectivity index is 1.78. The van der Waals surface area contributed by atoms with Crippen LogP contribution in [0.5, 0.6) is 0 Å². The van der Waals surface area contributed by atoms with Gasteiger partial charge >= 0.3 is 5.97 Å². The van der Waals surface area contributed by atoms with E-state index in [-0.39, 0.29) is 26.7 Å². The Bertz CT molecular complexity index is 999. The molecule has 7 nitrogen and oxygen atoms in total. The van der Waals surface area contributed by atoms with Gasteiger partial charge in [-0.25, -0.2) is 13.2 Å². The summed E-state index contributed by atoms with van der Waals surface area (Å²) in [5.74, 6) is -1.03. The fourth-order valence-electron chi connectivity index (χ4n) is 2.92. The zero-order chi connectivity index (χ0) is 20.3. The van der Waals surface area contributed by atoms with Crippen molar-refractivity contribution < 1.29 is 22.7 Å². The van der Waals surface area contributed by atoms with Gasteiger partial charge in [-0.15, -0.1) is 0 Å². The molecule has 0 aromatic heterocycles. The third-order valence-electron chi connectivity index (χ3n) is 4.45. The fraction of sp³-hybridized carbons (Fsp3) is 0.263. The van der Waals surface area contributed by atoms with E-state index in [0.29, 0.717) is 13.1 Å². The average Bonchev–Trinajstić information content (AvgIpc) is 3.25. The fourth-order valence-corrected chi connectivity index (χ4v) is 4.60. The van der Waals surface area contributed by atoms with Crippen LogP contribution in [-0.2, 0) is 14.8 Å². The van der Waals surface area contributed by atoms with Crippen molar-refractivity contribution >= 4 is 39.2 Å². The van der Waals surface area contributed by atoms with E-state index in [0.717, 1.165) is 12.8 Å². The van der Waals surface area contributed by atoms with Crippen LogP contribution in [-0.4, -0.2) is 44.8 Å². The standard InChI is InChI=1S/C19H19ClN2O5S/c1-27-19(24)14-6-9-16(20)17(12-14)21-18(23)13-4-7-15(8-5-13)28(25,26)22-10-2-3-11-22/h4-9,12H,2-3,10-11H2,1H3,(H,21,23). The van der Waals surface area contributed by atoms with Crippen LogP contribution in [0.4, 0.5) is 5.69 Å². The van der Waals surface area contributed by atoms with Crippen LogP contribution >= 0.6 is 11.6 Å². The summed E-state index contributed by atoms with van der Waals surface area (Å²) in [6, 6.07) is 10.1. The molecule has 0 unspecified atom stereocenters. The minimum Gasteiger partial charge on any atom is -0.465 e. The van der Waals surface area contributed by atoms with E-state index >= 15 is 0 Å². The number of methoxy groups -OCH3 is 1. The molecule has 0 spiro atoms. The molecule has 2 aromatic carbocycles. The molecule has 0 radical (unpaired) electrons. The third kappa shape index (κ3) is 4.19. The van der Waals surface area contributed by atoms with Crippen LogP contribution in [0.2, 0.25) is 5.02 Å². The summed E-state index contributed by atoms with van der Waals surface area (Å²) in [6.07, 6.45) is 1.70. The van der Waals surface area contributed by atoms with Crippen LogP contribution in [0.15, 0.2) is 47.4 Å². The number of anilines is 1. The molecular formula is C19H19ClN2O5S. The minimum absolute atomic E-state index is 0.150. The van der Waals surface area contributed by atoms with Gasteiger partial charge in [0.2, 0.25) is 10.0 Å². The minimum atomic E-state index is -3.54. The molecule has 2 aromatic rings. The van der Waals surface area contributed by atoms with Crippen molar-refractivity contribution in [1.29, 1.82) is 0 Å². The first-order valence-electron chi connectivity index (χ1n) is 8.62. The van der Waals surface area contributed by atoms with Crippen LogP contribution < -0.4 is 5.32 Å². The molecule has 1 fully saturated rings. The third-order valence-corrected chi connectivity index (χ3v) is 6.70. The molecule has 1 aliphatic heterocycles. The Morgan fingerprint density at radius 3 is 2.25 bits per heavy atom. The highest BCUT2D eigenvalue weighted by Crippen LogP contribution is 2.25. The molecule has 1 amide bonds. The monoisotopic (exact) mass is 422 g/mol. The van der Waals surface area contributed by atoms with Gasteiger partial charge in [0.05, 0.1) is 28.3 Å². The van der Waals surface area contributed by atoms with Gasteiger partial charge in [-0.1, -0.05) is 11.6 Å². The average molecular weight is 423 g/mol. The zero-order valence-corrected chi connectivity index (χ0v) is 16.7. The van der Waals surface area contributed by atoms with Crippen LogP contribution in [0.25, 0.3) is 0 Å². The summed E-state index contributed by atoms with van der Waals surface area (Å²) >= 11 is 6.08. The van der Waals surface area contributed by atoms with Gasteiger partial charge in [-0.2, -0.15) is 4.31 Å². The Morgan fingerprint density at radius 1 is 1.04 bits per heavy atom. The molecule has 1 aliphatic rings. The van der Waals surface area contributed by atoms with Crippen LogP contribution in [0.3, 0.4) is 0 Å². The number of hydrogen-bond acceptors (Lipinski definition) is 5. The quantitative estimate of drug-likeness (QED) is 0.747. The number of carbonyl (C=O) groups is 2. The first kappa shape index (κ1) is 20.3. The molecule has 28 heavy (non-hydrogen) atoms. The molecule has 3 rings (SSSR count). The maximum Gasteiger partial charge on any atom is 0.337 e. The number of rotatable bonds is 5. The summed E-state index contributed by atoms with van der Waals surface area (Å²) in [7, 11) is -2.28. The Kier molecular flexibility index (Phi) is 6.02. The van der Waals surface area contributed by atoms with Crippen LogP contribution in [0, 0.1) is 0 Å². The highest BCUT2D eigenvalue weighted by molar-refractivity contribution is 7.89.